The third-order valence-electron chi connectivity index (χ3n) is 6.16. The van der Waals surface area contributed by atoms with Gasteiger partial charge in [-0.25, -0.2) is 4.98 Å². The topological polar surface area (TPSA) is 58.4 Å². The van der Waals surface area contributed by atoms with Crippen molar-refractivity contribution in [3.05, 3.63) is 51.3 Å². The number of carboxylic acids is 1. The third-order valence-corrected chi connectivity index (χ3v) is 6.62. The molecule has 1 saturated heterocycles. The highest BCUT2D eigenvalue weighted by Crippen LogP contribution is 2.36. The Labute approximate surface area is 185 Å². The summed E-state index contributed by atoms with van der Waals surface area (Å²) in [5.74, 6) is 0.595. The molecule has 3 heterocycles. The Kier molecular flexibility index (Phi) is 5.62. The quantitative estimate of drug-likeness (QED) is 0.531. The minimum atomic E-state index is -0.697. The van der Waals surface area contributed by atoms with E-state index in [1.54, 1.807) is 0 Å². The molecule has 0 unspecified atom stereocenters. The van der Waals surface area contributed by atoms with Crippen molar-refractivity contribution < 1.29 is 9.90 Å². The number of benzene rings is 1. The van der Waals surface area contributed by atoms with E-state index in [2.05, 4.69) is 70.6 Å². The van der Waals surface area contributed by atoms with Gasteiger partial charge in [-0.05, 0) is 81.3 Å². The zero-order valence-corrected chi connectivity index (χ0v) is 19.6. The summed E-state index contributed by atoms with van der Waals surface area (Å²) in [5, 5.41) is 10.3. The first-order valence-corrected chi connectivity index (χ1v) is 11.3. The maximum atomic E-state index is 11.1. The maximum Gasteiger partial charge on any atom is 0.303 e. The molecule has 0 amide bonds. The van der Waals surface area contributed by atoms with Crippen LogP contribution >= 0.6 is 15.9 Å². The summed E-state index contributed by atoms with van der Waals surface area (Å²) in [4.78, 5) is 18.3. The fraction of sp³-hybridized carbons (Fsp3) is 0.417. The maximum absolute atomic E-state index is 11.1. The van der Waals surface area contributed by atoms with Crippen LogP contribution in [0.5, 0.6) is 0 Å². The molecule has 1 aromatic carbocycles. The van der Waals surface area contributed by atoms with Gasteiger partial charge in [0.2, 0.25) is 0 Å². The molecule has 5 nitrogen and oxygen atoms in total. The Hall–Kier alpha value is -2.34. The zero-order valence-electron chi connectivity index (χ0n) is 18.0. The van der Waals surface area contributed by atoms with Gasteiger partial charge in [0.1, 0.15) is 5.82 Å². The first kappa shape index (κ1) is 20.9. The highest BCUT2D eigenvalue weighted by Gasteiger charge is 2.25. The molecule has 6 heteroatoms. The van der Waals surface area contributed by atoms with Crippen LogP contribution in [0.2, 0.25) is 0 Å². The van der Waals surface area contributed by atoms with Crippen molar-refractivity contribution in [1.29, 1.82) is 0 Å². The zero-order chi connectivity index (χ0) is 21.6. The Morgan fingerprint density at radius 3 is 2.33 bits per heavy atom. The molecule has 1 aliphatic rings. The lowest BCUT2D eigenvalue weighted by molar-refractivity contribution is -0.138. The number of fused-ring (bicyclic) bond motifs is 1. The largest absolute Gasteiger partial charge is 0.481 e. The van der Waals surface area contributed by atoms with Gasteiger partial charge < -0.3 is 14.6 Å². The van der Waals surface area contributed by atoms with Gasteiger partial charge in [0.15, 0.2) is 0 Å². The molecule has 1 aliphatic heterocycles. The average Bonchev–Trinajstić information content (AvgIpc) is 2.96. The number of aliphatic carboxylic acids is 1. The van der Waals surface area contributed by atoms with Crippen LogP contribution < -0.4 is 4.90 Å². The molecule has 0 bridgehead atoms. The summed E-state index contributed by atoms with van der Waals surface area (Å²) in [6, 6.07) is 6.49. The number of nitrogens with zero attached hydrogens (tertiary/aromatic N) is 3. The van der Waals surface area contributed by atoms with E-state index < -0.39 is 5.97 Å². The van der Waals surface area contributed by atoms with E-state index in [1.807, 2.05) is 6.92 Å². The number of aryl methyl sites for hydroxylation is 4. The summed E-state index contributed by atoms with van der Waals surface area (Å²) in [7, 11) is 0. The summed E-state index contributed by atoms with van der Waals surface area (Å²) in [6.07, 6.45) is 4.28. The van der Waals surface area contributed by atoms with Crippen molar-refractivity contribution in [2.45, 2.75) is 47.0 Å². The number of halogens is 1. The monoisotopic (exact) mass is 469 g/mol. The predicted octanol–water partition coefficient (Wildman–Crippen LogP) is 5.71. The van der Waals surface area contributed by atoms with Gasteiger partial charge in [0, 0.05) is 41.3 Å². The lowest BCUT2D eigenvalue weighted by atomic mass is 9.93. The standard InChI is InChI=1S/C24H28BrN3O2/c1-14-9-19(25)10-15(2)23(14)28-13-16(3)22-20(28)11-17(4)26-24(22)27-7-5-18(6-8-27)12-21(29)30/h9-11,13,18H,5-8,12H2,1-4H3,(H,29,30). The van der Waals surface area contributed by atoms with Crippen LogP contribution in [0.1, 0.15) is 41.6 Å². The van der Waals surface area contributed by atoms with E-state index >= 15 is 0 Å². The minimum absolute atomic E-state index is 0.262. The molecule has 0 saturated carbocycles. The molecule has 1 fully saturated rings. The molecule has 4 rings (SSSR count). The third kappa shape index (κ3) is 3.85. The Morgan fingerprint density at radius 1 is 1.10 bits per heavy atom. The van der Waals surface area contributed by atoms with Gasteiger partial charge >= 0.3 is 5.97 Å². The molecule has 158 valence electrons. The van der Waals surface area contributed by atoms with E-state index in [9.17, 15) is 4.79 Å². The first-order chi connectivity index (χ1) is 14.2. The van der Waals surface area contributed by atoms with Gasteiger partial charge in [-0.2, -0.15) is 0 Å². The summed E-state index contributed by atoms with van der Waals surface area (Å²) < 4.78 is 3.40. The smallest absolute Gasteiger partial charge is 0.303 e. The number of anilines is 1. The van der Waals surface area contributed by atoms with Crippen LogP contribution in [-0.2, 0) is 4.79 Å². The van der Waals surface area contributed by atoms with E-state index in [0.29, 0.717) is 0 Å². The van der Waals surface area contributed by atoms with Crippen LogP contribution in [0.3, 0.4) is 0 Å². The van der Waals surface area contributed by atoms with Crippen LogP contribution in [-0.4, -0.2) is 33.7 Å². The van der Waals surface area contributed by atoms with Crippen LogP contribution in [0.4, 0.5) is 5.82 Å². The molecule has 0 aliphatic carbocycles. The van der Waals surface area contributed by atoms with E-state index in [4.69, 9.17) is 10.1 Å². The first-order valence-electron chi connectivity index (χ1n) is 10.5. The Bertz CT molecular complexity index is 1100. The molecule has 30 heavy (non-hydrogen) atoms. The number of hydrogen-bond donors (Lipinski definition) is 1. The molecule has 0 atom stereocenters. The number of carbonyl (C=O) groups is 1. The Morgan fingerprint density at radius 2 is 1.73 bits per heavy atom. The van der Waals surface area contributed by atoms with Crippen molar-refractivity contribution in [3.8, 4) is 5.69 Å². The fourth-order valence-corrected chi connectivity index (χ4v) is 5.52. The number of hydrogen-bond acceptors (Lipinski definition) is 3. The number of carboxylic acid groups (broad SMARTS) is 1. The molecular formula is C24H28BrN3O2. The van der Waals surface area contributed by atoms with Crippen LogP contribution in [0.15, 0.2) is 28.9 Å². The van der Waals surface area contributed by atoms with Gasteiger partial charge in [0.25, 0.3) is 0 Å². The summed E-state index contributed by atoms with van der Waals surface area (Å²) in [6.45, 7) is 10.2. The second-order valence-electron chi connectivity index (χ2n) is 8.58. The molecule has 0 radical (unpaired) electrons. The summed E-state index contributed by atoms with van der Waals surface area (Å²) >= 11 is 3.61. The SMILES string of the molecule is Cc1cc2c(c(C)cn2-c2c(C)cc(Br)cc2C)c(N2CCC(CC(=O)O)CC2)n1. The van der Waals surface area contributed by atoms with Gasteiger partial charge in [-0.1, -0.05) is 15.9 Å². The van der Waals surface area contributed by atoms with Crippen molar-refractivity contribution >= 4 is 38.6 Å². The number of piperidine rings is 1. The molecular weight excluding hydrogens is 442 g/mol. The predicted molar refractivity (Wildman–Crippen MR) is 125 cm³/mol. The van der Waals surface area contributed by atoms with Gasteiger partial charge in [-0.3, -0.25) is 4.79 Å². The second-order valence-corrected chi connectivity index (χ2v) is 9.50. The molecule has 2 aromatic heterocycles. The van der Waals surface area contributed by atoms with E-state index in [0.717, 1.165) is 41.9 Å². The van der Waals surface area contributed by atoms with E-state index in [-0.39, 0.29) is 12.3 Å². The lowest BCUT2D eigenvalue weighted by Gasteiger charge is -2.33. The number of rotatable bonds is 4. The van der Waals surface area contributed by atoms with E-state index in [1.165, 1.54) is 33.3 Å². The van der Waals surface area contributed by atoms with Crippen LogP contribution in [0, 0.1) is 33.6 Å². The second kappa shape index (κ2) is 8.06. The van der Waals surface area contributed by atoms with Crippen molar-refractivity contribution in [3.63, 3.8) is 0 Å². The molecule has 3 aromatic rings. The van der Waals surface area contributed by atoms with Crippen molar-refractivity contribution in [1.82, 2.24) is 9.55 Å². The Balaban J connectivity index is 1.79. The highest BCUT2D eigenvalue weighted by atomic mass is 79.9. The van der Waals surface area contributed by atoms with Crippen molar-refractivity contribution in [2.75, 3.05) is 18.0 Å². The fourth-order valence-electron chi connectivity index (χ4n) is 4.83. The normalized spacial score (nSPS) is 15.2. The highest BCUT2D eigenvalue weighted by molar-refractivity contribution is 9.10. The van der Waals surface area contributed by atoms with Crippen molar-refractivity contribution in [2.24, 2.45) is 5.92 Å². The molecule has 0 spiro atoms. The van der Waals surface area contributed by atoms with Crippen LogP contribution in [0.25, 0.3) is 16.6 Å². The van der Waals surface area contributed by atoms with Gasteiger partial charge in [0.05, 0.1) is 11.2 Å². The number of pyridine rings is 1. The average molecular weight is 470 g/mol. The summed E-state index contributed by atoms with van der Waals surface area (Å²) in [5.41, 5.74) is 7.05. The minimum Gasteiger partial charge on any atom is -0.481 e. The number of aromatic nitrogens is 2. The lowest BCUT2D eigenvalue weighted by Crippen LogP contribution is -2.35. The van der Waals surface area contributed by atoms with Gasteiger partial charge in [-0.15, -0.1) is 0 Å². The molecule has 1 N–H and O–H groups in total.